The van der Waals surface area contributed by atoms with Gasteiger partial charge in [0.1, 0.15) is 5.82 Å². The molecule has 1 atom stereocenters. The van der Waals surface area contributed by atoms with Crippen molar-refractivity contribution in [2.45, 2.75) is 32.7 Å². The number of aromatic nitrogens is 1. The third kappa shape index (κ3) is 3.95. The van der Waals surface area contributed by atoms with Gasteiger partial charge >= 0.3 is 0 Å². The van der Waals surface area contributed by atoms with Gasteiger partial charge in [-0.15, -0.1) is 0 Å². The minimum absolute atomic E-state index is 0.210. The molecule has 0 radical (unpaired) electrons. The van der Waals surface area contributed by atoms with Gasteiger partial charge in [-0.2, -0.15) is 5.26 Å². The minimum atomic E-state index is 0.210. The molecule has 1 N–H and O–H groups in total. The lowest BCUT2D eigenvalue weighted by Gasteiger charge is -2.25. The largest absolute Gasteiger partial charge is 0.371 e. The molecular weight excluding hydrogens is 212 g/mol. The average molecular weight is 232 g/mol. The van der Waals surface area contributed by atoms with Gasteiger partial charge in [-0.1, -0.05) is 6.92 Å². The lowest BCUT2D eigenvalue weighted by molar-refractivity contribution is 0.702. The molecule has 4 heteroatoms. The highest BCUT2D eigenvalue weighted by Crippen LogP contribution is 2.18. The normalized spacial score (nSPS) is 11.6. The van der Waals surface area contributed by atoms with Gasteiger partial charge in [-0.05, 0) is 19.4 Å². The van der Waals surface area contributed by atoms with E-state index in [1.807, 2.05) is 26.1 Å². The van der Waals surface area contributed by atoms with Gasteiger partial charge in [0.2, 0.25) is 0 Å². The summed E-state index contributed by atoms with van der Waals surface area (Å²) in [6.07, 6.45) is 3.39. The summed E-state index contributed by atoms with van der Waals surface area (Å²) < 4.78 is 0. The molecule has 1 rings (SSSR count). The number of hydrogen-bond donors (Lipinski definition) is 1. The molecule has 0 saturated heterocycles. The molecule has 1 unspecified atom stereocenters. The van der Waals surface area contributed by atoms with Gasteiger partial charge in [-0.25, -0.2) is 4.98 Å². The predicted molar refractivity (Wildman–Crippen MR) is 71.1 cm³/mol. The van der Waals surface area contributed by atoms with Gasteiger partial charge in [0.25, 0.3) is 0 Å². The first-order valence-corrected chi connectivity index (χ1v) is 5.98. The average Bonchev–Trinajstić information content (AvgIpc) is 2.36. The Morgan fingerprint density at radius 1 is 1.59 bits per heavy atom. The molecule has 0 amide bonds. The van der Waals surface area contributed by atoms with Crippen LogP contribution in [0.25, 0.3) is 0 Å². The van der Waals surface area contributed by atoms with E-state index in [0.29, 0.717) is 6.42 Å². The molecule has 17 heavy (non-hydrogen) atoms. The Morgan fingerprint density at radius 3 is 3.00 bits per heavy atom. The van der Waals surface area contributed by atoms with E-state index >= 15 is 0 Å². The van der Waals surface area contributed by atoms with Crippen LogP contribution in [0.3, 0.4) is 0 Å². The van der Waals surface area contributed by atoms with Crippen LogP contribution in [0.4, 0.5) is 11.5 Å². The maximum Gasteiger partial charge on any atom is 0.127 e. The van der Waals surface area contributed by atoms with Crippen LogP contribution in [0, 0.1) is 11.3 Å². The monoisotopic (exact) mass is 232 g/mol. The van der Waals surface area contributed by atoms with Crippen molar-refractivity contribution in [3.05, 3.63) is 18.3 Å². The van der Waals surface area contributed by atoms with Gasteiger partial charge in [0.15, 0.2) is 0 Å². The van der Waals surface area contributed by atoms with E-state index < -0.39 is 0 Å². The summed E-state index contributed by atoms with van der Waals surface area (Å²) >= 11 is 0. The van der Waals surface area contributed by atoms with Crippen molar-refractivity contribution in [1.82, 2.24) is 4.98 Å². The number of nitriles is 1. The van der Waals surface area contributed by atoms with Crippen LogP contribution in [0.5, 0.6) is 0 Å². The molecule has 0 aromatic carbocycles. The van der Waals surface area contributed by atoms with Gasteiger partial charge in [-0.3, -0.25) is 0 Å². The van der Waals surface area contributed by atoms with Crippen molar-refractivity contribution in [2.24, 2.45) is 0 Å². The minimum Gasteiger partial charge on any atom is -0.371 e. The topological polar surface area (TPSA) is 52.0 Å². The van der Waals surface area contributed by atoms with Crippen LogP contribution >= 0.6 is 0 Å². The summed E-state index contributed by atoms with van der Waals surface area (Å²) in [6.45, 7) is 5.09. The van der Waals surface area contributed by atoms with E-state index in [9.17, 15) is 0 Å². The third-order valence-electron chi connectivity index (χ3n) is 2.75. The van der Waals surface area contributed by atoms with Crippen LogP contribution in [0.2, 0.25) is 0 Å². The molecule has 4 nitrogen and oxygen atoms in total. The van der Waals surface area contributed by atoms with E-state index in [-0.39, 0.29) is 6.04 Å². The Kier molecular flexibility index (Phi) is 5.28. The summed E-state index contributed by atoms with van der Waals surface area (Å²) in [5.41, 5.74) is 1.08. The fourth-order valence-corrected chi connectivity index (χ4v) is 1.51. The number of nitrogens with zero attached hydrogens (tertiary/aromatic N) is 3. The van der Waals surface area contributed by atoms with Crippen molar-refractivity contribution in [1.29, 1.82) is 5.26 Å². The van der Waals surface area contributed by atoms with Crippen LogP contribution < -0.4 is 10.2 Å². The van der Waals surface area contributed by atoms with Crippen molar-refractivity contribution in [3.63, 3.8) is 0 Å². The fourth-order valence-electron chi connectivity index (χ4n) is 1.51. The molecule has 0 aliphatic rings. The van der Waals surface area contributed by atoms with Crippen molar-refractivity contribution < 1.29 is 0 Å². The summed E-state index contributed by atoms with van der Waals surface area (Å²) in [7, 11) is 2.00. The summed E-state index contributed by atoms with van der Waals surface area (Å²) in [5.74, 6) is 0.889. The van der Waals surface area contributed by atoms with Crippen LogP contribution in [0.15, 0.2) is 18.3 Å². The molecular formula is C13H20N4. The van der Waals surface area contributed by atoms with Gasteiger partial charge < -0.3 is 10.2 Å². The zero-order valence-electron chi connectivity index (χ0n) is 10.8. The molecule has 0 aliphatic heterocycles. The van der Waals surface area contributed by atoms with Crippen molar-refractivity contribution in [3.8, 4) is 6.07 Å². The second-order valence-electron chi connectivity index (χ2n) is 4.15. The zero-order valence-corrected chi connectivity index (χ0v) is 10.8. The lowest BCUT2D eigenvalue weighted by Crippen LogP contribution is -2.28. The highest BCUT2D eigenvalue weighted by atomic mass is 15.1. The third-order valence-corrected chi connectivity index (χ3v) is 2.75. The van der Waals surface area contributed by atoms with Crippen LogP contribution in [-0.4, -0.2) is 24.6 Å². The maximum atomic E-state index is 8.70. The smallest absolute Gasteiger partial charge is 0.127 e. The fraction of sp³-hybridized carbons (Fsp3) is 0.538. The second kappa shape index (κ2) is 6.74. The summed E-state index contributed by atoms with van der Waals surface area (Å²) in [4.78, 5) is 6.36. The number of nitrogens with one attached hydrogen (secondary N) is 1. The molecule has 1 aromatic heterocycles. The van der Waals surface area contributed by atoms with Crippen LogP contribution in [0.1, 0.15) is 26.7 Å². The highest BCUT2D eigenvalue weighted by molar-refractivity contribution is 5.54. The second-order valence-corrected chi connectivity index (χ2v) is 4.15. The summed E-state index contributed by atoms with van der Waals surface area (Å²) in [6, 6.07) is 6.38. The first-order valence-electron chi connectivity index (χ1n) is 5.98. The van der Waals surface area contributed by atoms with Gasteiger partial charge in [0.05, 0.1) is 12.5 Å². The van der Waals surface area contributed by atoms with Gasteiger partial charge in [0, 0.05) is 37.6 Å². The molecule has 0 bridgehead atoms. The van der Waals surface area contributed by atoms with E-state index in [0.717, 1.165) is 24.5 Å². The quantitative estimate of drug-likeness (QED) is 0.819. The van der Waals surface area contributed by atoms with E-state index in [1.54, 1.807) is 6.20 Å². The van der Waals surface area contributed by atoms with Crippen LogP contribution in [-0.2, 0) is 0 Å². The summed E-state index contributed by atoms with van der Waals surface area (Å²) in [5, 5.41) is 12.0. The molecule has 0 spiro atoms. The first kappa shape index (κ1) is 13.3. The lowest BCUT2D eigenvalue weighted by atomic mass is 10.2. The molecule has 0 saturated carbocycles. The van der Waals surface area contributed by atoms with E-state index in [1.165, 1.54) is 0 Å². The number of rotatable bonds is 6. The SMILES string of the molecule is CCCNc1cc(N(C)C(C)CC#N)ccn1. The Bertz CT molecular complexity index is 383. The molecule has 0 aliphatic carbocycles. The number of hydrogen-bond acceptors (Lipinski definition) is 4. The Labute approximate surface area is 103 Å². The molecule has 0 fully saturated rings. The van der Waals surface area contributed by atoms with Crippen molar-refractivity contribution >= 4 is 11.5 Å². The van der Waals surface area contributed by atoms with E-state index in [2.05, 4.69) is 28.2 Å². The Hall–Kier alpha value is -1.76. The van der Waals surface area contributed by atoms with Crippen molar-refractivity contribution in [2.75, 3.05) is 23.8 Å². The Balaban J connectivity index is 2.73. The number of pyridine rings is 1. The first-order chi connectivity index (χ1) is 8.19. The maximum absolute atomic E-state index is 8.70. The standard InChI is InChI=1S/C13H20N4/c1-4-8-15-13-10-12(6-9-16-13)17(3)11(2)5-7-14/h6,9-11H,4-5,8H2,1-3H3,(H,15,16). The zero-order chi connectivity index (χ0) is 12.7. The number of anilines is 2. The predicted octanol–water partition coefficient (Wildman–Crippen LogP) is 2.64. The molecule has 1 aromatic rings. The highest BCUT2D eigenvalue weighted by Gasteiger charge is 2.09. The Morgan fingerprint density at radius 2 is 2.35 bits per heavy atom. The van der Waals surface area contributed by atoms with E-state index in [4.69, 9.17) is 5.26 Å². The molecule has 92 valence electrons. The molecule has 1 heterocycles.